The highest BCUT2D eigenvalue weighted by molar-refractivity contribution is 5.93. The number of hydrogen-bond acceptors (Lipinski definition) is 4. The smallest absolute Gasteiger partial charge is 0.325 e. The monoisotopic (exact) mass is 300 g/mol. The number of carbonyl (C=O) groups is 2. The quantitative estimate of drug-likeness (QED) is 0.481. The van der Waals surface area contributed by atoms with Crippen LogP contribution in [0.3, 0.4) is 0 Å². The summed E-state index contributed by atoms with van der Waals surface area (Å²) in [4.78, 5) is 22.6. The van der Waals surface area contributed by atoms with Crippen molar-refractivity contribution in [2.45, 2.75) is 12.6 Å². The van der Waals surface area contributed by atoms with E-state index in [2.05, 4.69) is 5.32 Å². The zero-order valence-corrected chi connectivity index (χ0v) is 11.7. The fraction of sp³-hybridized carbons (Fsp3) is 0.125. The third-order valence-electron chi connectivity index (χ3n) is 3.21. The van der Waals surface area contributed by atoms with Gasteiger partial charge in [0.05, 0.1) is 0 Å². The van der Waals surface area contributed by atoms with Crippen molar-refractivity contribution in [1.29, 1.82) is 0 Å². The van der Waals surface area contributed by atoms with Crippen molar-refractivity contribution in [3.05, 3.63) is 71.3 Å². The van der Waals surface area contributed by atoms with Gasteiger partial charge in [-0.25, -0.2) is 5.48 Å². The van der Waals surface area contributed by atoms with E-state index in [0.717, 1.165) is 5.56 Å². The van der Waals surface area contributed by atoms with E-state index in [0.29, 0.717) is 17.7 Å². The summed E-state index contributed by atoms with van der Waals surface area (Å²) in [5.41, 5.74) is 3.38. The SMILES string of the molecule is O=C(NO)c1ccc(CNC(C(=O)O)c2ccccc2)cc1. The van der Waals surface area contributed by atoms with Crippen molar-refractivity contribution in [3.63, 3.8) is 0 Å². The molecule has 2 aromatic rings. The number of benzene rings is 2. The number of carboxylic acids is 1. The molecule has 0 bridgehead atoms. The van der Waals surface area contributed by atoms with E-state index >= 15 is 0 Å². The Morgan fingerprint density at radius 3 is 2.18 bits per heavy atom. The molecular formula is C16H16N2O4. The van der Waals surface area contributed by atoms with Crippen LogP contribution in [0, 0.1) is 0 Å². The lowest BCUT2D eigenvalue weighted by molar-refractivity contribution is -0.139. The van der Waals surface area contributed by atoms with Crippen molar-refractivity contribution in [2.75, 3.05) is 0 Å². The molecule has 0 aliphatic rings. The Bertz CT molecular complexity index is 641. The Labute approximate surface area is 127 Å². The summed E-state index contributed by atoms with van der Waals surface area (Å²) < 4.78 is 0. The van der Waals surface area contributed by atoms with Crippen LogP contribution in [0.2, 0.25) is 0 Å². The molecule has 0 saturated carbocycles. The van der Waals surface area contributed by atoms with E-state index in [9.17, 15) is 14.7 Å². The molecule has 0 heterocycles. The van der Waals surface area contributed by atoms with Crippen molar-refractivity contribution >= 4 is 11.9 Å². The standard InChI is InChI=1S/C16H16N2O4/c19-15(18-22)13-8-6-11(7-9-13)10-17-14(16(20)21)12-4-2-1-3-5-12/h1-9,14,17,22H,10H2,(H,18,19)(H,20,21). The Morgan fingerprint density at radius 1 is 1.00 bits per heavy atom. The summed E-state index contributed by atoms with van der Waals surface area (Å²) in [6.07, 6.45) is 0. The Morgan fingerprint density at radius 2 is 1.64 bits per heavy atom. The topological polar surface area (TPSA) is 98.7 Å². The van der Waals surface area contributed by atoms with Crippen LogP contribution >= 0.6 is 0 Å². The molecule has 6 nitrogen and oxygen atoms in total. The molecule has 2 aromatic carbocycles. The van der Waals surface area contributed by atoms with Crippen molar-refractivity contribution < 1.29 is 19.9 Å². The minimum atomic E-state index is -0.956. The van der Waals surface area contributed by atoms with E-state index in [1.54, 1.807) is 54.0 Å². The summed E-state index contributed by atoms with van der Waals surface area (Å²) >= 11 is 0. The maximum Gasteiger partial charge on any atom is 0.325 e. The van der Waals surface area contributed by atoms with Gasteiger partial charge in [0.2, 0.25) is 0 Å². The average Bonchev–Trinajstić information content (AvgIpc) is 2.55. The molecule has 6 heteroatoms. The molecule has 2 rings (SSSR count). The predicted molar refractivity (Wildman–Crippen MR) is 79.4 cm³/mol. The Balaban J connectivity index is 2.04. The van der Waals surface area contributed by atoms with Crippen molar-refractivity contribution in [3.8, 4) is 0 Å². The zero-order chi connectivity index (χ0) is 15.9. The van der Waals surface area contributed by atoms with Gasteiger partial charge in [0.25, 0.3) is 5.91 Å². The minimum absolute atomic E-state index is 0.323. The van der Waals surface area contributed by atoms with E-state index in [4.69, 9.17) is 5.21 Å². The van der Waals surface area contributed by atoms with Gasteiger partial charge in [0.1, 0.15) is 6.04 Å². The molecule has 0 aliphatic carbocycles. The van der Waals surface area contributed by atoms with E-state index in [1.807, 2.05) is 6.07 Å². The van der Waals surface area contributed by atoms with Gasteiger partial charge in [0.15, 0.2) is 0 Å². The summed E-state index contributed by atoms with van der Waals surface area (Å²) in [5.74, 6) is -1.55. The van der Waals surface area contributed by atoms with Gasteiger partial charge in [-0.15, -0.1) is 0 Å². The Hall–Kier alpha value is -2.70. The molecule has 0 spiro atoms. The number of hydrogen-bond donors (Lipinski definition) is 4. The van der Waals surface area contributed by atoms with Crippen molar-refractivity contribution in [1.82, 2.24) is 10.8 Å². The van der Waals surface area contributed by atoms with Gasteiger partial charge in [-0.3, -0.25) is 20.1 Å². The maximum atomic E-state index is 11.4. The molecule has 0 radical (unpaired) electrons. The molecule has 1 unspecified atom stereocenters. The predicted octanol–water partition coefficient (Wildman–Crippen LogP) is 1.72. The normalized spacial score (nSPS) is 11.7. The number of aliphatic carboxylic acids is 1. The molecule has 114 valence electrons. The minimum Gasteiger partial charge on any atom is -0.480 e. The highest BCUT2D eigenvalue weighted by atomic mass is 16.5. The average molecular weight is 300 g/mol. The van der Waals surface area contributed by atoms with Crippen LogP contribution in [0.4, 0.5) is 0 Å². The van der Waals surface area contributed by atoms with Crippen LogP contribution < -0.4 is 10.8 Å². The van der Waals surface area contributed by atoms with Crippen LogP contribution in [-0.4, -0.2) is 22.2 Å². The first-order valence-electron chi connectivity index (χ1n) is 6.66. The van der Waals surface area contributed by atoms with Gasteiger partial charge in [-0.2, -0.15) is 0 Å². The second kappa shape index (κ2) is 7.35. The molecule has 0 fully saturated rings. The molecule has 22 heavy (non-hydrogen) atoms. The van der Waals surface area contributed by atoms with Gasteiger partial charge in [0, 0.05) is 12.1 Å². The van der Waals surface area contributed by atoms with Crippen LogP contribution in [-0.2, 0) is 11.3 Å². The Kier molecular flexibility index (Phi) is 5.24. The first-order chi connectivity index (χ1) is 10.6. The number of carboxylic acid groups (broad SMARTS) is 1. The maximum absolute atomic E-state index is 11.4. The highest BCUT2D eigenvalue weighted by Crippen LogP contribution is 2.14. The zero-order valence-electron chi connectivity index (χ0n) is 11.7. The van der Waals surface area contributed by atoms with Crippen molar-refractivity contribution in [2.24, 2.45) is 0 Å². The van der Waals surface area contributed by atoms with Gasteiger partial charge >= 0.3 is 5.97 Å². The van der Waals surface area contributed by atoms with E-state index < -0.39 is 17.9 Å². The molecule has 0 saturated heterocycles. The lowest BCUT2D eigenvalue weighted by atomic mass is 10.1. The van der Waals surface area contributed by atoms with Gasteiger partial charge in [-0.05, 0) is 23.3 Å². The number of rotatable bonds is 6. The molecule has 0 aromatic heterocycles. The van der Waals surface area contributed by atoms with E-state index in [1.165, 1.54) is 0 Å². The molecule has 0 aliphatic heterocycles. The van der Waals surface area contributed by atoms with E-state index in [-0.39, 0.29) is 0 Å². The number of carbonyl (C=O) groups excluding carboxylic acids is 1. The van der Waals surface area contributed by atoms with Crippen LogP contribution in [0.5, 0.6) is 0 Å². The lowest BCUT2D eigenvalue weighted by Crippen LogP contribution is -2.28. The molecule has 1 atom stereocenters. The summed E-state index contributed by atoms with van der Waals surface area (Å²) in [5, 5.41) is 20.8. The largest absolute Gasteiger partial charge is 0.480 e. The van der Waals surface area contributed by atoms with Gasteiger partial charge in [-0.1, -0.05) is 42.5 Å². The molecular weight excluding hydrogens is 284 g/mol. The number of nitrogens with one attached hydrogen (secondary N) is 2. The highest BCUT2D eigenvalue weighted by Gasteiger charge is 2.18. The van der Waals surface area contributed by atoms with Gasteiger partial charge < -0.3 is 5.11 Å². The summed E-state index contributed by atoms with van der Waals surface area (Å²) in [7, 11) is 0. The first-order valence-corrected chi connectivity index (χ1v) is 6.66. The van der Waals surface area contributed by atoms with Crippen LogP contribution in [0.15, 0.2) is 54.6 Å². The third-order valence-corrected chi connectivity index (χ3v) is 3.21. The second-order valence-electron chi connectivity index (χ2n) is 4.70. The van der Waals surface area contributed by atoms with Crippen LogP contribution in [0.1, 0.15) is 27.5 Å². The fourth-order valence-electron chi connectivity index (χ4n) is 2.05. The lowest BCUT2D eigenvalue weighted by Gasteiger charge is -2.15. The number of hydroxylamine groups is 1. The third kappa shape index (κ3) is 3.91. The molecule has 4 N–H and O–H groups in total. The fourth-order valence-corrected chi connectivity index (χ4v) is 2.05. The number of amides is 1. The van der Waals surface area contributed by atoms with Crippen LogP contribution in [0.25, 0.3) is 0 Å². The first kappa shape index (κ1) is 15.7. The summed E-state index contributed by atoms with van der Waals surface area (Å²) in [6, 6.07) is 14.6. The molecule has 1 amide bonds. The second-order valence-corrected chi connectivity index (χ2v) is 4.70. The summed E-state index contributed by atoms with van der Waals surface area (Å²) in [6.45, 7) is 0.340.